The summed E-state index contributed by atoms with van der Waals surface area (Å²) in [5.74, 6) is 1.47. The van der Waals surface area contributed by atoms with Gasteiger partial charge in [0.1, 0.15) is 0 Å². The molecular weight excluding hydrogens is 216 g/mol. The molecule has 1 heterocycles. The summed E-state index contributed by atoms with van der Waals surface area (Å²) in [6.45, 7) is 4.15. The Balaban J connectivity index is 2.16. The van der Waals surface area contributed by atoms with Crippen LogP contribution in [0.25, 0.3) is 0 Å². The third-order valence-electron chi connectivity index (χ3n) is 3.26. The highest BCUT2D eigenvalue weighted by molar-refractivity contribution is 8.00. The van der Waals surface area contributed by atoms with Crippen molar-refractivity contribution in [2.75, 3.05) is 5.75 Å². The van der Waals surface area contributed by atoms with Crippen LogP contribution >= 0.6 is 11.8 Å². The first-order valence-corrected chi connectivity index (χ1v) is 6.96. The summed E-state index contributed by atoms with van der Waals surface area (Å²) in [6.07, 6.45) is 3.52. The number of rotatable bonds is 2. The van der Waals surface area contributed by atoms with Gasteiger partial charge in [0, 0.05) is 5.56 Å². The second-order valence-electron chi connectivity index (χ2n) is 4.52. The highest BCUT2D eigenvalue weighted by Crippen LogP contribution is 2.28. The summed E-state index contributed by atoms with van der Waals surface area (Å²) in [4.78, 5) is 12.2. The second kappa shape index (κ2) is 5.05. The number of hydrogen-bond donors (Lipinski definition) is 0. The molecule has 0 radical (unpaired) electrons. The maximum absolute atomic E-state index is 12.2. The van der Waals surface area contributed by atoms with Gasteiger partial charge in [0.05, 0.1) is 5.25 Å². The fourth-order valence-corrected chi connectivity index (χ4v) is 3.30. The Morgan fingerprint density at radius 3 is 2.69 bits per heavy atom. The van der Waals surface area contributed by atoms with Crippen LogP contribution in [0.1, 0.15) is 40.7 Å². The number of aryl methyl sites for hydroxylation is 2. The highest BCUT2D eigenvalue weighted by Gasteiger charge is 2.22. The van der Waals surface area contributed by atoms with Crippen molar-refractivity contribution >= 4 is 17.5 Å². The van der Waals surface area contributed by atoms with Gasteiger partial charge in [-0.15, -0.1) is 0 Å². The van der Waals surface area contributed by atoms with E-state index in [4.69, 9.17) is 0 Å². The van der Waals surface area contributed by atoms with Crippen molar-refractivity contribution in [2.24, 2.45) is 0 Å². The van der Waals surface area contributed by atoms with Gasteiger partial charge in [0.15, 0.2) is 5.78 Å². The molecule has 0 amide bonds. The number of carbonyl (C=O) groups is 1. The Morgan fingerprint density at radius 1 is 1.25 bits per heavy atom. The van der Waals surface area contributed by atoms with Crippen LogP contribution in [0.5, 0.6) is 0 Å². The molecule has 1 nitrogen and oxygen atoms in total. The van der Waals surface area contributed by atoms with Gasteiger partial charge in [-0.2, -0.15) is 11.8 Å². The Hall–Kier alpha value is -0.760. The van der Waals surface area contributed by atoms with Gasteiger partial charge in [0.2, 0.25) is 0 Å². The zero-order valence-electron chi connectivity index (χ0n) is 9.95. The molecule has 0 bridgehead atoms. The third kappa shape index (κ3) is 2.49. The molecule has 0 spiro atoms. The topological polar surface area (TPSA) is 17.1 Å². The summed E-state index contributed by atoms with van der Waals surface area (Å²) in [5, 5.41) is 0.204. The number of Topliss-reactive ketones (excluding diaryl/α,β-unsaturated/α-hetero) is 1. The summed E-state index contributed by atoms with van der Waals surface area (Å²) in [7, 11) is 0. The van der Waals surface area contributed by atoms with E-state index in [0.717, 1.165) is 17.7 Å². The first-order valence-electron chi connectivity index (χ1n) is 5.91. The largest absolute Gasteiger partial charge is 0.293 e. The summed E-state index contributed by atoms with van der Waals surface area (Å²) in [6, 6.07) is 6.06. The lowest BCUT2D eigenvalue weighted by molar-refractivity contribution is 0.0984. The predicted molar refractivity (Wildman–Crippen MR) is 70.3 cm³/mol. The Labute approximate surface area is 102 Å². The molecule has 1 saturated heterocycles. The Morgan fingerprint density at radius 2 is 2.06 bits per heavy atom. The van der Waals surface area contributed by atoms with Crippen LogP contribution in [0.2, 0.25) is 0 Å². The molecule has 1 aliphatic rings. The lowest BCUT2D eigenvalue weighted by Crippen LogP contribution is -2.21. The monoisotopic (exact) mass is 234 g/mol. The van der Waals surface area contributed by atoms with E-state index < -0.39 is 0 Å². The molecule has 1 atom stereocenters. The van der Waals surface area contributed by atoms with Crippen molar-refractivity contribution in [2.45, 2.75) is 38.4 Å². The van der Waals surface area contributed by atoms with E-state index in [-0.39, 0.29) is 5.25 Å². The quantitative estimate of drug-likeness (QED) is 0.725. The minimum absolute atomic E-state index is 0.204. The average molecular weight is 234 g/mol. The van der Waals surface area contributed by atoms with Crippen molar-refractivity contribution in [1.82, 2.24) is 0 Å². The highest BCUT2D eigenvalue weighted by atomic mass is 32.2. The van der Waals surface area contributed by atoms with Crippen LogP contribution in [0.15, 0.2) is 18.2 Å². The molecule has 1 aromatic rings. The zero-order valence-corrected chi connectivity index (χ0v) is 10.8. The van der Waals surface area contributed by atoms with E-state index in [1.54, 1.807) is 0 Å². The maximum Gasteiger partial charge on any atom is 0.175 e. The van der Waals surface area contributed by atoms with Crippen LogP contribution < -0.4 is 0 Å². The number of thioether (sulfide) groups is 1. The molecule has 16 heavy (non-hydrogen) atoms. The van der Waals surface area contributed by atoms with Crippen molar-refractivity contribution in [1.29, 1.82) is 0 Å². The summed E-state index contributed by atoms with van der Waals surface area (Å²) < 4.78 is 0. The van der Waals surface area contributed by atoms with E-state index in [1.807, 2.05) is 23.9 Å². The number of hydrogen-bond acceptors (Lipinski definition) is 2. The number of carbonyl (C=O) groups excluding carboxylic acids is 1. The molecular formula is C14H18OS. The average Bonchev–Trinajstić information content (AvgIpc) is 2.33. The maximum atomic E-state index is 12.2. The predicted octanol–water partition coefficient (Wildman–Crippen LogP) is 3.77. The standard InChI is InChI=1S/C14H18OS/c1-10-6-7-12(9-11(10)2)14(15)13-5-3-4-8-16-13/h6-7,9,13H,3-5,8H2,1-2H3. The number of ketones is 1. The lowest BCUT2D eigenvalue weighted by atomic mass is 10.00. The zero-order chi connectivity index (χ0) is 11.5. The molecule has 0 saturated carbocycles. The van der Waals surface area contributed by atoms with Crippen LogP contribution in [0.4, 0.5) is 0 Å². The van der Waals surface area contributed by atoms with E-state index >= 15 is 0 Å². The minimum Gasteiger partial charge on any atom is -0.293 e. The molecule has 1 aliphatic heterocycles. The van der Waals surface area contributed by atoms with Crippen molar-refractivity contribution < 1.29 is 4.79 Å². The molecule has 1 unspecified atom stereocenters. The van der Waals surface area contributed by atoms with Gasteiger partial charge in [-0.1, -0.05) is 18.6 Å². The van der Waals surface area contributed by atoms with Gasteiger partial charge >= 0.3 is 0 Å². The molecule has 0 aliphatic carbocycles. The van der Waals surface area contributed by atoms with E-state index in [2.05, 4.69) is 19.9 Å². The molecule has 0 N–H and O–H groups in total. The fraction of sp³-hybridized carbons (Fsp3) is 0.500. The normalized spacial score (nSPS) is 20.8. The lowest BCUT2D eigenvalue weighted by Gasteiger charge is -2.20. The van der Waals surface area contributed by atoms with Crippen LogP contribution in [-0.2, 0) is 0 Å². The smallest absolute Gasteiger partial charge is 0.175 e. The van der Waals surface area contributed by atoms with Crippen molar-refractivity contribution in [3.05, 3.63) is 34.9 Å². The summed E-state index contributed by atoms with van der Waals surface area (Å²) >= 11 is 1.83. The van der Waals surface area contributed by atoms with Crippen LogP contribution in [0, 0.1) is 13.8 Å². The van der Waals surface area contributed by atoms with Gasteiger partial charge in [0.25, 0.3) is 0 Å². The first-order chi connectivity index (χ1) is 7.68. The summed E-state index contributed by atoms with van der Waals surface area (Å²) in [5.41, 5.74) is 3.36. The van der Waals surface area contributed by atoms with Crippen LogP contribution in [0.3, 0.4) is 0 Å². The van der Waals surface area contributed by atoms with Gasteiger partial charge in [-0.25, -0.2) is 0 Å². The van der Waals surface area contributed by atoms with Crippen LogP contribution in [-0.4, -0.2) is 16.8 Å². The van der Waals surface area contributed by atoms with Crippen molar-refractivity contribution in [3.8, 4) is 0 Å². The molecule has 0 aromatic heterocycles. The SMILES string of the molecule is Cc1ccc(C(=O)C2CCCCS2)cc1C. The van der Waals surface area contributed by atoms with E-state index in [1.165, 1.54) is 24.0 Å². The Bertz CT molecular complexity index is 392. The first kappa shape index (κ1) is 11.7. The molecule has 1 aromatic carbocycles. The molecule has 1 fully saturated rings. The third-order valence-corrected chi connectivity index (χ3v) is 4.64. The van der Waals surface area contributed by atoms with E-state index in [9.17, 15) is 4.79 Å². The second-order valence-corrected chi connectivity index (χ2v) is 5.83. The molecule has 2 rings (SSSR count). The van der Waals surface area contributed by atoms with Gasteiger partial charge in [-0.3, -0.25) is 4.79 Å². The molecule has 86 valence electrons. The van der Waals surface area contributed by atoms with Gasteiger partial charge < -0.3 is 0 Å². The van der Waals surface area contributed by atoms with Crippen molar-refractivity contribution in [3.63, 3.8) is 0 Å². The fourth-order valence-electron chi connectivity index (χ4n) is 2.03. The number of benzene rings is 1. The minimum atomic E-state index is 0.204. The Kier molecular flexibility index (Phi) is 3.70. The van der Waals surface area contributed by atoms with Gasteiger partial charge in [-0.05, 0) is 49.6 Å². The molecule has 2 heteroatoms. The van der Waals surface area contributed by atoms with E-state index in [0.29, 0.717) is 5.78 Å².